The standard InChI is InChI=1S/C15H17F3OS2/c1-9-10(2)21-14(8-20-9)13(19)7-11-3-5-12(6-4-11)15(16,17)18/h3-6,9-10,14H,7-8H2,1-2H3. The molecule has 1 heterocycles. The lowest BCUT2D eigenvalue weighted by atomic mass is 10.1. The average molecular weight is 334 g/mol. The summed E-state index contributed by atoms with van der Waals surface area (Å²) in [6, 6.07) is 4.87. The van der Waals surface area contributed by atoms with Crippen molar-refractivity contribution in [2.75, 3.05) is 5.75 Å². The molecule has 0 bridgehead atoms. The zero-order valence-electron chi connectivity index (χ0n) is 11.8. The molecule has 0 saturated carbocycles. The van der Waals surface area contributed by atoms with Gasteiger partial charge >= 0.3 is 6.18 Å². The number of ketones is 1. The molecule has 1 aliphatic rings. The molecule has 2 rings (SSSR count). The molecule has 0 aromatic heterocycles. The van der Waals surface area contributed by atoms with Crippen LogP contribution in [0.1, 0.15) is 25.0 Å². The summed E-state index contributed by atoms with van der Waals surface area (Å²) in [4.78, 5) is 12.2. The highest BCUT2D eigenvalue weighted by Crippen LogP contribution is 2.36. The van der Waals surface area contributed by atoms with Crippen molar-refractivity contribution in [2.24, 2.45) is 0 Å². The van der Waals surface area contributed by atoms with Crippen LogP contribution >= 0.6 is 23.5 Å². The Hall–Kier alpha value is -0.620. The SMILES string of the molecule is CC1SCC(C(=O)Cc2ccc(C(F)(F)F)cc2)SC1C. The number of Topliss-reactive ketones (excluding diaryl/α,β-unsaturated/α-hetero) is 1. The molecule has 1 aliphatic heterocycles. The van der Waals surface area contributed by atoms with Crippen LogP contribution in [-0.4, -0.2) is 27.3 Å². The topological polar surface area (TPSA) is 17.1 Å². The van der Waals surface area contributed by atoms with Gasteiger partial charge in [0.15, 0.2) is 5.78 Å². The summed E-state index contributed by atoms with van der Waals surface area (Å²) in [7, 11) is 0. The van der Waals surface area contributed by atoms with E-state index >= 15 is 0 Å². The first-order valence-corrected chi connectivity index (χ1v) is 8.72. The molecule has 0 radical (unpaired) electrons. The summed E-state index contributed by atoms with van der Waals surface area (Å²) >= 11 is 3.47. The molecule has 3 atom stereocenters. The van der Waals surface area contributed by atoms with Gasteiger partial charge in [-0.15, -0.1) is 11.8 Å². The van der Waals surface area contributed by atoms with Gasteiger partial charge in [-0.1, -0.05) is 26.0 Å². The number of halogens is 3. The summed E-state index contributed by atoms with van der Waals surface area (Å²) in [5.41, 5.74) is -0.0337. The Bertz CT molecular complexity index is 499. The molecule has 1 aromatic rings. The van der Waals surface area contributed by atoms with Gasteiger partial charge in [0.1, 0.15) is 0 Å². The molecule has 3 unspecified atom stereocenters. The molecule has 1 aromatic carbocycles. The minimum atomic E-state index is -4.33. The van der Waals surface area contributed by atoms with E-state index in [2.05, 4.69) is 13.8 Å². The monoisotopic (exact) mass is 334 g/mol. The van der Waals surface area contributed by atoms with Gasteiger partial charge < -0.3 is 0 Å². The van der Waals surface area contributed by atoms with Gasteiger partial charge in [0.25, 0.3) is 0 Å². The summed E-state index contributed by atoms with van der Waals surface area (Å²) < 4.78 is 37.4. The average Bonchev–Trinajstić information content (AvgIpc) is 2.41. The van der Waals surface area contributed by atoms with Gasteiger partial charge in [-0.25, -0.2) is 0 Å². The second-order valence-corrected chi connectivity index (χ2v) is 8.20. The van der Waals surface area contributed by atoms with Gasteiger partial charge in [0, 0.05) is 22.7 Å². The van der Waals surface area contributed by atoms with E-state index in [-0.39, 0.29) is 17.5 Å². The molecule has 0 spiro atoms. The largest absolute Gasteiger partial charge is 0.416 e. The summed E-state index contributed by atoms with van der Waals surface area (Å²) in [6.45, 7) is 4.26. The normalized spacial score (nSPS) is 26.6. The van der Waals surface area contributed by atoms with E-state index < -0.39 is 11.7 Å². The molecule has 6 heteroatoms. The lowest BCUT2D eigenvalue weighted by molar-refractivity contribution is -0.137. The molecule has 1 fully saturated rings. The Kier molecular flexibility index (Phi) is 5.30. The summed E-state index contributed by atoms with van der Waals surface area (Å²) in [5, 5.41) is 0.902. The maximum atomic E-state index is 12.5. The van der Waals surface area contributed by atoms with Crippen LogP contribution in [0.5, 0.6) is 0 Å². The molecule has 1 nitrogen and oxygen atoms in total. The van der Waals surface area contributed by atoms with Crippen molar-refractivity contribution in [2.45, 2.75) is 42.2 Å². The maximum Gasteiger partial charge on any atom is 0.416 e. The van der Waals surface area contributed by atoms with E-state index in [4.69, 9.17) is 0 Å². The lowest BCUT2D eigenvalue weighted by Crippen LogP contribution is -2.32. The van der Waals surface area contributed by atoms with Crippen LogP contribution in [0, 0.1) is 0 Å². The number of benzene rings is 1. The molecule has 1 saturated heterocycles. The van der Waals surface area contributed by atoms with E-state index in [1.165, 1.54) is 12.1 Å². The number of thioether (sulfide) groups is 2. The number of alkyl halides is 3. The zero-order valence-corrected chi connectivity index (χ0v) is 13.4. The number of hydrogen-bond acceptors (Lipinski definition) is 3. The Morgan fingerprint density at radius 2 is 1.81 bits per heavy atom. The van der Waals surface area contributed by atoms with E-state index in [1.54, 1.807) is 23.5 Å². The molecule has 0 N–H and O–H groups in total. The van der Waals surface area contributed by atoms with Gasteiger partial charge in [0.2, 0.25) is 0 Å². The third-order valence-corrected chi connectivity index (χ3v) is 7.01. The van der Waals surface area contributed by atoms with E-state index in [0.29, 0.717) is 16.1 Å². The van der Waals surface area contributed by atoms with Gasteiger partial charge in [-0.2, -0.15) is 24.9 Å². The van der Waals surface area contributed by atoms with Crippen molar-refractivity contribution in [3.05, 3.63) is 35.4 Å². The van der Waals surface area contributed by atoms with Gasteiger partial charge in [-0.3, -0.25) is 4.79 Å². The van der Waals surface area contributed by atoms with E-state index in [0.717, 1.165) is 17.9 Å². The van der Waals surface area contributed by atoms with Crippen LogP contribution in [0.4, 0.5) is 13.2 Å². The van der Waals surface area contributed by atoms with Crippen LogP contribution in [-0.2, 0) is 17.4 Å². The van der Waals surface area contributed by atoms with Crippen molar-refractivity contribution in [3.8, 4) is 0 Å². The Labute approximate surface area is 131 Å². The van der Waals surface area contributed by atoms with Crippen LogP contribution in [0.2, 0.25) is 0 Å². The second-order valence-electron chi connectivity index (χ2n) is 5.21. The highest BCUT2D eigenvalue weighted by Gasteiger charge is 2.31. The van der Waals surface area contributed by atoms with Crippen molar-refractivity contribution in [1.29, 1.82) is 0 Å². The quantitative estimate of drug-likeness (QED) is 0.813. The lowest BCUT2D eigenvalue weighted by Gasteiger charge is -2.30. The minimum Gasteiger partial charge on any atom is -0.298 e. The summed E-state index contributed by atoms with van der Waals surface area (Å²) in [5.74, 6) is 0.890. The number of rotatable bonds is 3. The predicted octanol–water partition coefficient (Wildman–Crippen LogP) is 4.44. The maximum absolute atomic E-state index is 12.5. The van der Waals surface area contributed by atoms with Crippen LogP contribution in [0.15, 0.2) is 24.3 Å². The van der Waals surface area contributed by atoms with E-state index in [9.17, 15) is 18.0 Å². The Balaban J connectivity index is 1.97. The number of hydrogen-bond donors (Lipinski definition) is 0. The van der Waals surface area contributed by atoms with Crippen LogP contribution in [0.3, 0.4) is 0 Å². The Morgan fingerprint density at radius 3 is 2.33 bits per heavy atom. The van der Waals surface area contributed by atoms with Crippen molar-refractivity contribution in [1.82, 2.24) is 0 Å². The van der Waals surface area contributed by atoms with Crippen molar-refractivity contribution >= 4 is 29.3 Å². The molecule has 0 aliphatic carbocycles. The zero-order chi connectivity index (χ0) is 15.6. The van der Waals surface area contributed by atoms with E-state index in [1.807, 2.05) is 0 Å². The minimum absolute atomic E-state index is 0.0523. The highest BCUT2D eigenvalue weighted by atomic mass is 32.2. The summed E-state index contributed by atoms with van der Waals surface area (Å²) in [6.07, 6.45) is -4.12. The smallest absolute Gasteiger partial charge is 0.298 e. The van der Waals surface area contributed by atoms with Crippen LogP contribution < -0.4 is 0 Å². The molecule has 0 amide bonds. The van der Waals surface area contributed by atoms with Gasteiger partial charge in [0.05, 0.1) is 10.8 Å². The predicted molar refractivity (Wildman–Crippen MR) is 82.9 cm³/mol. The first kappa shape index (κ1) is 16.7. The first-order valence-electron chi connectivity index (χ1n) is 6.73. The molecule has 21 heavy (non-hydrogen) atoms. The Morgan fingerprint density at radius 1 is 1.19 bits per heavy atom. The molecule has 116 valence electrons. The third kappa shape index (κ3) is 4.42. The van der Waals surface area contributed by atoms with Gasteiger partial charge in [-0.05, 0) is 17.7 Å². The fourth-order valence-electron chi connectivity index (χ4n) is 2.08. The first-order chi connectivity index (χ1) is 9.77. The van der Waals surface area contributed by atoms with Crippen molar-refractivity contribution in [3.63, 3.8) is 0 Å². The fourth-order valence-corrected chi connectivity index (χ4v) is 4.97. The molecular formula is C15H17F3OS2. The van der Waals surface area contributed by atoms with Crippen molar-refractivity contribution < 1.29 is 18.0 Å². The second kappa shape index (κ2) is 6.65. The number of carbonyl (C=O) groups excluding carboxylic acids is 1. The third-order valence-electron chi connectivity index (χ3n) is 3.57. The highest BCUT2D eigenvalue weighted by molar-refractivity contribution is 8.08. The fraction of sp³-hybridized carbons (Fsp3) is 0.533. The molecular weight excluding hydrogens is 317 g/mol. The van der Waals surface area contributed by atoms with Crippen LogP contribution in [0.25, 0.3) is 0 Å². The number of carbonyl (C=O) groups is 1.